The second kappa shape index (κ2) is 7.19. The molecule has 7 heteroatoms. The molecule has 0 spiro atoms. The van der Waals surface area contributed by atoms with E-state index in [9.17, 15) is 17.6 Å². The summed E-state index contributed by atoms with van der Waals surface area (Å²) in [4.78, 5) is 11.7. The Morgan fingerprint density at radius 1 is 1.21 bits per heavy atom. The lowest BCUT2D eigenvalue weighted by Gasteiger charge is -2.31. The van der Waals surface area contributed by atoms with Gasteiger partial charge in [0.25, 0.3) is 0 Å². The minimum absolute atomic E-state index is 0.00441. The molecule has 1 saturated carbocycles. The van der Waals surface area contributed by atoms with E-state index in [0.717, 1.165) is 38.2 Å². The molecule has 2 fully saturated rings. The number of hydrogen-bond donors (Lipinski definition) is 1. The van der Waals surface area contributed by atoms with Gasteiger partial charge in [-0.2, -0.15) is 4.31 Å². The van der Waals surface area contributed by atoms with E-state index in [1.54, 1.807) is 0 Å². The molecule has 1 amide bonds. The van der Waals surface area contributed by atoms with E-state index in [0.29, 0.717) is 31.5 Å². The molecular formula is C17H23FN2O3S. The molecule has 0 aromatic heterocycles. The van der Waals surface area contributed by atoms with Crippen molar-refractivity contribution in [1.29, 1.82) is 0 Å². The number of benzene rings is 1. The van der Waals surface area contributed by atoms with Crippen LogP contribution in [0.3, 0.4) is 0 Å². The van der Waals surface area contributed by atoms with Crippen LogP contribution in [0.5, 0.6) is 0 Å². The van der Waals surface area contributed by atoms with E-state index in [2.05, 4.69) is 5.32 Å². The third-order valence-electron chi connectivity index (χ3n) is 4.73. The Hall–Kier alpha value is -1.47. The van der Waals surface area contributed by atoms with Crippen molar-refractivity contribution in [2.45, 2.75) is 49.5 Å². The molecule has 0 bridgehead atoms. The zero-order valence-electron chi connectivity index (χ0n) is 13.6. The summed E-state index contributed by atoms with van der Waals surface area (Å²) < 4.78 is 39.8. The zero-order valence-corrected chi connectivity index (χ0v) is 14.4. The maximum atomic E-state index is 13.3. The quantitative estimate of drug-likeness (QED) is 0.852. The first-order chi connectivity index (χ1) is 11.4. The SMILES string of the molecule is O=C(CCC1CCN(S(=O)(=O)c2cccc(F)c2)CC1)NC1CC1. The molecule has 1 aromatic carbocycles. The molecule has 2 aliphatic rings. The number of piperidine rings is 1. The summed E-state index contributed by atoms with van der Waals surface area (Å²) >= 11 is 0. The lowest BCUT2D eigenvalue weighted by Crippen LogP contribution is -2.38. The highest BCUT2D eigenvalue weighted by Gasteiger charge is 2.30. The molecule has 1 N–H and O–H groups in total. The van der Waals surface area contributed by atoms with Gasteiger partial charge in [-0.05, 0) is 56.2 Å². The lowest BCUT2D eigenvalue weighted by atomic mass is 9.93. The maximum absolute atomic E-state index is 13.3. The van der Waals surface area contributed by atoms with Crippen molar-refractivity contribution in [3.05, 3.63) is 30.1 Å². The smallest absolute Gasteiger partial charge is 0.243 e. The van der Waals surface area contributed by atoms with Crippen LogP contribution in [0.1, 0.15) is 38.5 Å². The van der Waals surface area contributed by atoms with Gasteiger partial charge in [0.05, 0.1) is 4.90 Å². The fourth-order valence-corrected chi connectivity index (χ4v) is 4.58. The van der Waals surface area contributed by atoms with Crippen LogP contribution in [0, 0.1) is 11.7 Å². The Labute approximate surface area is 142 Å². The Morgan fingerprint density at radius 2 is 1.92 bits per heavy atom. The summed E-state index contributed by atoms with van der Waals surface area (Å²) in [6.45, 7) is 0.849. The number of halogens is 1. The second-order valence-electron chi connectivity index (χ2n) is 6.69. The Bertz CT molecular complexity index is 696. The highest BCUT2D eigenvalue weighted by atomic mass is 32.2. The number of nitrogens with zero attached hydrogens (tertiary/aromatic N) is 1. The highest BCUT2D eigenvalue weighted by Crippen LogP contribution is 2.27. The van der Waals surface area contributed by atoms with Gasteiger partial charge in [-0.15, -0.1) is 0 Å². The first-order valence-electron chi connectivity index (χ1n) is 8.50. The van der Waals surface area contributed by atoms with Crippen molar-refractivity contribution in [3.63, 3.8) is 0 Å². The molecular weight excluding hydrogens is 331 g/mol. The molecule has 5 nitrogen and oxygen atoms in total. The molecule has 1 aliphatic carbocycles. The van der Waals surface area contributed by atoms with Gasteiger partial charge in [0.2, 0.25) is 15.9 Å². The molecule has 0 unspecified atom stereocenters. The van der Waals surface area contributed by atoms with Gasteiger partial charge in [0, 0.05) is 25.6 Å². The Kier molecular flexibility index (Phi) is 5.20. The number of carbonyl (C=O) groups excluding carboxylic acids is 1. The van der Waals surface area contributed by atoms with Gasteiger partial charge in [-0.25, -0.2) is 12.8 Å². The van der Waals surface area contributed by atoms with Crippen molar-refractivity contribution in [3.8, 4) is 0 Å². The molecule has 1 aromatic rings. The predicted octanol–water partition coefficient (Wildman–Crippen LogP) is 2.29. The van der Waals surface area contributed by atoms with E-state index >= 15 is 0 Å². The number of carbonyl (C=O) groups is 1. The van der Waals surface area contributed by atoms with Gasteiger partial charge in [-0.1, -0.05) is 6.07 Å². The summed E-state index contributed by atoms with van der Waals surface area (Å²) in [5.74, 6) is -0.0751. The van der Waals surface area contributed by atoms with Crippen LogP contribution in [0.15, 0.2) is 29.2 Å². The fraction of sp³-hybridized carbons (Fsp3) is 0.588. The zero-order chi connectivity index (χ0) is 17.2. The first-order valence-corrected chi connectivity index (χ1v) is 9.94. The van der Waals surface area contributed by atoms with Gasteiger partial charge in [-0.3, -0.25) is 4.79 Å². The summed E-state index contributed by atoms with van der Waals surface area (Å²) in [7, 11) is -3.63. The fourth-order valence-electron chi connectivity index (χ4n) is 3.08. The summed E-state index contributed by atoms with van der Waals surface area (Å²) in [5.41, 5.74) is 0. The average molecular weight is 354 g/mol. The highest BCUT2D eigenvalue weighted by molar-refractivity contribution is 7.89. The van der Waals surface area contributed by atoms with Crippen molar-refractivity contribution >= 4 is 15.9 Å². The molecule has 1 aliphatic heterocycles. The summed E-state index contributed by atoms with van der Waals surface area (Å²) in [5, 5.41) is 2.97. The third-order valence-corrected chi connectivity index (χ3v) is 6.62. The summed E-state index contributed by atoms with van der Waals surface area (Å²) in [6, 6.07) is 5.51. The largest absolute Gasteiger partial charge is 0.353 e. The van der Waals surface area contributed by atoms with Crippen molar-refractivity contribution in [2.75, 3.05) is 13.1 Å². The van der Waals surface area contributed by atoms with E-state index in [1.165, 1.54) is 22.5 Å². The number of rotatable bonds is 6. The average Bonchev–Trinajstić information content (AvgIpc) is 3.37. The topological polar surface area (TPSA) is 66.5 Å². The Balaban J connectivity index is 1.49. The van der Waals surface area contributed by atoms with Crippen LogP contribution in [0.4, 0.5) is 4.39 Å². The van der Waals surface area contributed by atoms with Crippen molar-refractivity contribution in [1.82, 2.24) is 9.62 Å². The van der Waals surface area contributed by atoms with Crippen LogP contribution >= 0.6 is 0 Å². The van der Waals surface area contributed by atoms with Gasteiger partial charge in [0.1, 0.15) is 5.82 Å². The number of amides is 1. The Morgan fingerprint density at radius 3 is 2.54 bits per heavy atom. The second-order valence-corrected chi connectivity index (χ2v) is 8.62. The standard InChI is InChI=1S/C17H23FN2O3S/c18-14-2-1-3-16(12-14)24(22,23)20-10-8-13(9-11-20)4-7-17(21)19-15-5-6-15/h1-3,12-13,15H,4-11H2,(H,19,21). The maximum Gasteiger partial charge on any atom is 0.243 e. The van der Waals surface area contributed by atoms with E-state index < -0.39 is 15.8 Å². The molecule has 0 radical (unpaired) electrons. The lowest BCUT2D eigenvalue weighted by molar-refractivity contribution is -0.121. The normalized spacial score (nSPS) is 20.0. The van der Waals surface area contributed by atoms with Crippen LogP contribution in [0.2, 0.25) is 0 Å². The van der Waals surface area contributed by atoms with Crippen LogP contribution in [-0.4, -0.2) is 37.8 Å². The van der Waals surface area contributed by atoms with Crippen molar-refractivity contribution in [2.24, 2.45) is 5.92 Å². The minimum atomic E-state index is -3.63. The van der Waals surface area contributed by atoms with E-state index in [-0.39, 0.29) is 10.8 Å². The minimum Gasteiger partial charge on any atom is -0.353 e. The number of hydrogen-bond acceptors (Lipinski definition) is 3. The van der Waals surface area contributed by atoms with Crippen LogP contribution in [0.25, 0.3) is 0 Å². The molecule has 0 atom stereocenters. The summed E-state index contributed by atoms with van der Waals surface area (Å²) in [6.07, 6.45) is 4.96. The predicted molar refractivity (Wildman–Crippen MR) is 88.3 cm³/mol. The van der Waals surface area contributed by atoms with E-state index in [4.69, 9.17) is 0 Å². The molecule has 1 saturated heterocycles. The monoisotopic (exact) mass is 354 g/mol. The molecule has 24 heavy (non-hydrogen) atoms. The van der Waals surface area contributed by atoms with Crippen LogP contribution < -0.4 is 5.32 Å². The van der Waals surface area contributed by atoms with Gasteiger partial charge < -0.3 is 5.32 Å². The number of nitrogens with one attached hydrogen (secondary N) is 1. The van der Waals surface area contributed by atoms with Gasteiger partial charge >= 0.3 is 0 Å². The van der Waals surface area contributed by atoms with Crippen LogP contribution in [-0.2, 0) is 14.8 Å². The van der Waals surface area contributed by atoms with E-state index in [1.807, 2.05) is 0 Å². The first kappa shape index (κ1) is 17.4. The van der Waals surface area contributed by atoms with Crippen molar-refractivity contribution < 1.29 is 17.6 Å². The molecule has 3 rings (SSSR count). The third kappa shape index (κ3) is 4.33. The molecule has 132 valence electrons. The molecule has 1 heterocycles. The van der Waals surface area contributed by atoms with Gasteiger partial charge in [0.15, 0.2) is 0 Å². The number of sulfonamides is 1.